The highest BCUT2D eigenvalue weighted by Gasteiger charge is 2.07. The second kappa shape index (κ2) is 6.57. The van der Waals surface area contributed by atoms with Crippen molar-refractivity contribution in [2.75, 3.05) is 6.61 Å². The number of benzene rings is 1. The summed E-state index contributed by atoms with van der Waals surface area (Å²) in [5.41, 5.74) is 2.50. The number of ether oxygens (including phenoxy) is 1. The lowest BCUT2D eigenvalue weighted by Gasteiger charge is -2.16. The van der Waals surface area contributed by atoms with Crippen LogP contribution < -0.4 is 4.74 Å². The molecule has 0 aromatic heterocycles. The molecule has 0 saturated carbocycles. The zero-order valence-corrected chi connectivity index (χ0v) is 11.0. The van der Waals surface area contributed by atoms with Crippen LogP contribution in [0.3, 0.4) is 0 Å². The summed E-state index contributed by atoms with van der Waals surface area (Å²) in [6, 6.07) is 6.39. The molecule has 0 saturated heterocycles. The third kappa shape index (κ3) is 3.88. The molecule has 0 radical (unpaired) electrons. The lowest BCUT2D eigenvalue weighted by atomic mass is 10.0. The minimum atomic E-state index is 0.699. The van der Waals surface area contributed by atoms with Crippen LogP contribution in [0.5, 0.6) is 5.75 Å². The van der Waals surface area contributed by atoms with Gasteiger partial charge >= 0.3 is 0 Å². The van der Waals surface area contributed by atoms with Crippen molar-refractivity contribution >= 4 is 0 Å². The van der Waals surface area contributed by atoms with Crippen molar-refractivity contribution in [1.29, 1.82) is 0 Å². The van der Waals surface area contributed by atoms with Crippen molar-refractivity contribution < 1.29 is 4.74 Å². The quantitative estimate of drug-likeness (QED) is 0.685. The van der Waals surface area contributed by atoms with E-state index < -0.39 is 0 Å². The van der Waals surface area contributed by atoms with Crippen LogP contribution >= 0.6 is 0 Å². The molecule has 0 fully saturated rings. The molecule has 16 heavy (non-hydrogen) atoms. The summed E-state index contributed by atoms with van der Waals surface area (Å²) >= 11 is 0. The van der Waals surface area contributed by atoms with E-state index in [2.05, 4.69) is 45.9 Å². The SMILES string of the molecule is CCCC(CC)COc1cc(C)ccc1C. The van der Waals surface area contributed by atoms with E-state index in [0.717, 1.165) is 12.4 Å². The van der Waals surface area contributed by atoms with E-state index in [-0.39, 0.29) is 0 Å². The highest BCUT2D eigenvalue weighted by Crippen LogP contribution is 2.21. The van der Waals surface area contributed by atoms with Crippen molar-refractivity contribution in [2.24, 2.45) is 5.92 Å². The second-order valence-corrected chi connectivity index (χ2v) is 4.64. The monoisotopic (exact) mass is 220 g/mol. The van der Waals surface area contributed by atoms with Gasteiger partial charge in [0.1, 0.15) is 5.75 Å². The Morgan fingerprint density at radius 3 is 2.56 bits per heavy atom. The van der Waals surface area contributed by atoms with Crippen LogP contribution in [0, 0.1) is 19.8 Å². The minimum Gasteiger partial charge on any atom is -0.493 e. The van der Waals surface area contributed by atoms with Crippen molar-refractivity contribution in [2.45, 2.75) is 47.0 Å². The highest BCUT2D eigenvalue weighted by atomic mass is 16.5. The Hall–Kier alpha value is -0.980. The number of aryl methyl sites for hydroxylation is 2. The second-order valence-electron chi connectivity index (χ2n) is 4.64. The van der Waals surface area contributed by atoms with Gasteiger partial charge in [0.05, 0.1) is 6.61 Å². The molecule has 1 atom stereocenters. The largest absolute Gasteiger partial charge is 0.493 e. The molecule has 1 nitrogen and oxygen atoms in total. The molecular formula is C15H24O. The van der Waals surface area contributed by atoms with Crippen LogP contribution in [-0.2, 0) is 0 Å². The summed E-state index contributed by atoms with van der Waals surface area (Å²) < 4.78 is 5.92. The predicted molar refractivity (Wildman–Crippen MR) is 70.1 cm³/mol. The summed E-state index contributed by atoms with van der Waals surface area (Å²) in [4.78, 5) is 0. The molecular weight excluding hydrogens is 196 g/mol. The van der Waals surface area contributed by atoms with Gasteiger partial charge in [0, 0.05) is 0 Å². The van der Waals surface area contributed by atoms with Gasteiger partial charge in [0.25, 0.3) is 0 Å². The molecule has 1 rings (SSSR count). The van der Waals surface area contributed by atoms with E-state index in [4.69, 9.17) is 4.74 Å². The summed E-state index contributed by atoms with van der Waals surface area (Å²) in [7, 11) is 0. The summed E-state index contributed by atoms with van der Waals surface area (Å²) in [6.45, 7) is 9.55. The molecule has 0 N–H and O–H groups in total. The van der Waals surface area contributed by atoms with Crippen molar-refractivity contribution in [3.63, 3.8) is 0 Å². The molecule has 0 spiro atoms. The van der Waals surface area contributed by atoms with Crippen LogP contribution in [0.2, 0.25) is 0 Å². The van der Waals surface area contributed by atoms with E-state index in [1.54, 1.807) is 0 Å². The van der Waals surface area contributed by atoms with Gasteiger partial charge in [-0.15, -0.1) is 0 Å². The van der Waals surface area contributed by atoms with Crippen LogP contribution in [0.25, 0.3) is 0 Å². The molecule has 0 aliphatic rings. The zero-order chi connectivity index (χ0) is 12.0. The molecule has 1 aromatic rings. The van der Waals surface area contributed by atoms with E-state index in [1.807, 2.05) is 0 Å². The normalized spacial score (nSPS) is 12.5. The van der Waals surface area contributed by atoms with Gasteiger partial charge < -0.3 is 4.74 Å². The maximum absolute atomic E-state index is 5.92. The van der Waals surface area contributed by atoms with Gasteiger partial charge in [0.2, 0.25) is 0 Å². The first-order valence-electron chi connectivity index (χ1n) is 6.37. The molecule has 0 bridgehead atoms. The van der Waals surface area contributed by atoms with Crippen molar-refractivity contribution in [3.8, 4) is 5.75 Å². The van der Waals surface area contributed by atoms with Crippen molar-refractivity contribution in [3.05, 3.63) is 29.3 Å². The Morgan fingerprint density at radius 2 is 1.94 bits per heavy atom. The Morgan fingerprint density at radius 1 is 1.19 bits per heavy atom. The zero-order valence-electron chi connectivity index (χ0n) is 11.0. The molecule has 1 heteroatoms. The van der Waals surface area contributed by atoms with Crippen molar-refractivity contribution in [1.82, 2.24) is 0 Å². The fourth-order valence-electron chi connectivity index (χ4n) is 1.88. The standard InChI is InChI=1S/C15H24O/c1-5-7-14(6-2)11-16-15-10-12(3)8-9-13(15)4/h8-10,14H,5-7,11H2,1-4H3. The Labute approximate surface area is 99.8 Å². The Kier molecular flexibility index (Phi) is 5.37. The Bertz CT molecular complexity index is 317. The van der Waals surface area contributed by atoms with Gasteiger partial charge in [-0.1, -0.05) is 38.8 Å². The first-order valence-corrected chi connectivity index (χ1v) is 6.37. The molecule has 1 unspecified atom stereocenters. The number of rotatable bonds is 6. The average molecular weight is 220 g/mol. The summed E-state index contributed by atoms with van der Waals surface area (Å²) in [5, 5.41) is 0. The van der Waals surface area contributed by atoms with Gasteiger partial charge in [-0.25, -0.2) is 0 Å². The minimum absolute atomic E-state index is 0.699. The summed E-state index contributed by atoms with van der Waals surface area (Å²) in [6.07, 6.45) is 3.72. The Balaban J connectivity index is 2.55. The number of hydrogen-bond acceptors (Lipinski definition) is 1. The molecule has 1 aromatic carbocycles. The van der Waals surface area contributed by atoms with E-state index in [1.165, 1.54) is 30.4 Å². The van der Waals surface area contributed by atoms with Crippen LogP contribution in [0.15, 0.2) is 18.2 Å². The highest BCUT2D eigenvalue weighted by molar-refractivity contribution is 5.35. The lowest BCUT2D eigenvalue weighted by Crippen LogP contribution is -2.11. The van der Waals surface area contributed by atoms with E-state index in [0.29, 0.717) is 5.92 Å². The molecule has 0 heterocycles. The van der Waals surface area contributed by atoms with Crippen LogP contribution in [-0.4, -0.2) is 6.61 Å². The van der Waals surface area contributed by atoms with Gasteiger partial charge in [-0.3, -0.25) is 0 Å². The maximum atomic E-state index is 5.92. The van der Waals surface area contributed by atoms with E-state index >= 15 is 0 Å². The maximum Gasteiger partial charge on any atom is 0.122 e. The topological polar surface area (TPSA) is 9.23 Å². The molecule has 0 aliphatic heterocycles. The summed E-state index contributed by atoms with van der Waals surface area (Å²) in [5.74, 6) is 1.75. The van der Waals surface area contributed by atoms with E-state index in [9.17, 15) is 0 Å². The molecule has 0 amide bonds. The average Bonchev–Trinajstić information content (AvgIpc) is 2.28. The number of hydrogen-bond donors (Lipinski definition) is 0. The van der Waals surface area contributed by atoms with Crippen LogP contribution in [0.4, 0.5) is 0 Å². The first-order chi connectivity index (χ1) is 7.67. The molecule has 90 valence electrons. The third-order valence-corrected chi connectivity index (χ3v) is 3.09. The smallest absolute Gasteiger partial charge is 0.122 e. The fraction of sp³-hybridized carbons (Fsp3) is 0.600. The molecule has 0 aliphatic carbocycles. The first kappa shape index (κ1) is 13.1. The fourth-order valence-corrected chi connectivity index (χ4v) is 1.88. The predicted octanol–water partition coefficient (Wildman–Crippen LogP) is 4.51. The van der Waals surface area contributed by atoms with Crippen LogP contribution in [0.1, 0.15) is 44.2 Å². The third-order valence-electron chi connectivity index (χ3n) is 3.09. The lowest BCUT2D eigenvalue weighted by molar-refractivity contribution is 0.234. The van der Waals surface area contributed by atoms with Gasteiger partial charge in [0.15, 0.2) is 0 Å². The van der Waals surface area contributed by atoms with Gasteiger partial charge in [-0.2, -0.15) is 0 Å². The van der Waals surface area contributed by atoms with Gasteiger partial charge in [-0.05, 0) is 43.4 Å².